The number of aromatic nitrogens is 2. The van der Waals surface area contributed by atoms with E-state index in [4.69, 9.17) is 24.9 Å². The van der Waals surface area contributed by atoms with Gasteiger partial charge in [-0.2, -0.15) is 4.39 Å². The minimum Gasteiger partial charge on any atom is -0.465 e. The molecule has 0 amide bonds. The largest absolute Gasteiger partial charge is 0.465 e. The summed E-state index contributed by atoms with van der Waals surface area (Å²) in [6, 6.07) is 11.1. The van der Waals surface area contributed by atoms with Gasteiger partial charge >= 0.3 is 0 Å². The molecule has 0 fully saturated rings. The molecule has 0 unspecified atom stereocenters. The van der Waals surface area contributed by atoms with Crippen LogP contribution in [0.25, 0.3) is 16.7 Å². The Kier molecular flexibility index (Phi) is 4.84. The third-order valence-corrected chi connectivity index (χ3v) is 6.68. The molecule has 0 radical (unpaired) electrons. The normalized spacial score (nSPS) is 23.2. The molecule has 2 atom stereocenters. The molecule has 5 heterocycles. The van der Waals surface area contributed by atoms with Gasteiger partial charge in [-0.05, 0) is 47.9 Å². The number of benzene rings is 1. The zero-order valence-corrected chi connectivity index (χ0v) is 18.6. The third kappa shape index (κ3) is 3.17. The Labute approximate surface area is 196 Å². The second kappa shape index (κ2) is 7.92. The fourth-order valence-corrected chi connectivity index (χ4v) is 4.98. The SMILES string of the molecule is C[C@@H]1COC(N)=N[C@]12c1cc(-c3cccnc3F)ccc1Oc1cnc(C3=CCCOC3)cc12. The molecule has 3 aliphatic rings. The fourth-order valence-electron chi connectivity index (χ4n) is 4.98. The van der Waals surface area contributed by atoms with Gasteiger partial charge in [0.15, 0.2) is 5.75 Å². The van der Waals surface area contributed by atoms with E-state index in [2.05, 4.69) is 23.0 Å². The molecule has 2 aromatic heterocycles. The van der Waals surface area contributed by atoms with Crippen molar-refractivity contribution in [1.29, 1.82) is 0 Å². The van der Waals surface area contributed by atoms with E-state index in [-0.39, 0.29) is 11.9 Å². The highest BCUT2D eigenvalue weighted by Crippen LogP contribution is 2.54. The highest BCUT2D eigenvalue weighted by molar-refractivity contribution is 5.77. The predicted molar refractivity (Wildman–Crippen MR) is 125 cm³/mol. The molecule has 0 bridgehead atoms. The first-order valence-electron chi connectivity index (χ1n) is 11.3. The first kappa shape index (κ1) is 20.8. The summed E-state index contributed by atoms with van der Waals surface area (Å²) < 4.78 is 32.1. The number of rotatable bonds is 2. The molecule has 1 spiro atoms. The number of ether oxygens (including phenoxy) is 3. The molecule has 7 nitrogen and oxygen atoms in total. The Morgan fingerprint density at radius 2 is 2.00 bits per heavy atom. The second-order valence-corrected chi connectivity index (χ2v) is 8.72. The molecule has 172 valence electrons. The predicted octanol–water partition coefficient (Wildman–Crippen LogP) is 4.42. The van der Waals surface area contributed by atoms with E-state index < -0.39 is 11.5 Å². The van der Waals surface area contributed by atoms with E-state index in [1.54, 1.807) is 18.3 Å². The molecule has 3 aromatic rings. The van der Waals surface area contributed by atoms with E-state index in [0.29, 0.717) is 42.4 Å². The molecule has 6 rings (SSSR count). The first-order chi connectivity index (χ1) is 16.6. The number of nitrogens with two attached hydrogens (primary N) is 1. The van der Waals surface area contributed by atoms with Gasteiger partial charge < -0.3 is 19.9 Å². The summed E-state index contributed by atoms with van der Waals surface area (Å²) in [6.45, 7) is 3.65. The van der Waals surface area contributed by atoms with Crippen molar-refractivity contribution in [3.05, 3.63) is 77.6 Å². The molecule has 8 heteroatoms. The number of amidine groups is 1. The summed E-state index contributed by atoms with van der Waals surface area (Å²) >= 11 is 0. The lowest BCUT2D eigenvalue weighted by molar-refractivity contribution is 0.152. The van der Waals surface area contributed by atoms with Crippen LogP contribution in [-0.4, -0.2) is 35.8 Å². The Balaban J connectivity index is 1.59. The summed E-state index contributed by atoms with van der Waals surface area (Å²) in [4.78, 5) is 13.3. The maximum Gasteiger partial charge on any atom is 0.283 e. The lowest BCUT2D eigenvalue weighted by Crippen LogP contribution is -2.45. The van der Waals surface area contributed by atoms with Crippen molar-refractivity contribution in [1.82, 2.24) is 9.97 Å². The van der Waals surface area contributed by atoms with Gasteiger partial charge in [-0.1, -0.05) is 19.1 Å². The number of pyridine rings is 2. The maximum absolute atomic E-state index is 14.5. The fraction of sp³-hybridized carbons (Fsp3) is 0.269. The van der Waals surface area contributed by atoms with Crippen molar-refractivity contribution in [2.24, 2.45) is 16.6 Å². The average molecular weight is 458 g/mol. The monoisotopic (exact) mass is 458 g/mol. The Morgan fingerprint density at radius 3 is 2.82 bits per heavy atom. The van der Waals surface area contributed by atoms with Crippen molar-refractivity contribution in [3.63, 3.8) is 0 Å². The Bertz CT molecular complexity index is 1360. The van der Waals surface area contributed by atoms with Crippen LogP contribution in [0.5, 0.6) is 11.5 Å². The van der Waals surface area contributed by atoms with Crippen molar-refractivity contribution >= 4 is 11.6 Å². The smallest absolute Gasteiger partial charge is 0.283 e. The van der Waals surface area contributed by atoms with Gasteiger partial charge in [0.2, 0.25) is 5.95 Å². The molecule has 0 saturated carbocycles. The Morgan fingerprint density at radius 1 is 1.12 bits per heavy atom. The molecule has 2 N–H and O–H groups in total. The van der Waals surface area contributed by atoms with Crippen LogP contribution in [0.2, 0.25) is 0 Å². The standard InChI is InChI=1S/C26H23FN4O3/c1-15-13-33-25(28)31-26(15)19-10-16(18-5-2-8-29-24(18)27)6-7-22(19)34-23-12-30-21(11-20(23)26)17-4-3-9-32-14-17/h2,4-8,10-12,15H,3,9,13-14H2,1H3,(H2,28,31)/t15-,26+/m1/s1. The Hall–Kier alpha value is -3.78. The molecular formula is C26H23FN4O3. The molecule has 0 saturated heterocycles. The number of aliphatic imine (C=N–C) groups is 1. The first-order valence-corrected chi connectivity index (χ1v) is 11.3. The van der Waals surface area contributed by atoms with Gasteiger partial charge in [0, 0.05) is 28.8 Å². The molecule has 1 aromatic carbocycles. The highest BCUT2D eigenvalue weighted by atomic mass is 19.1. The summed E-state index contributed by atoms with van der Waals surface area (Å²) in [5.74, 6) is 0.620. The summed E-state index contributed by atoms with van der Waals surface area (Å²) in [7, 11) is 0. The van der Waals surface area contributed by atoms with Gasteiger partial charge in [-0.3, -0.25) is 4.98 Å². The van der Waals surface area contributed by atoms with Crippen LogP contribution in [0.3, 0.4) is 0 Å². The zero-order chi connectivity index (χ0) is 23.3. The van der Waals surface area contributed by atoms with E-state index in [9.17, 15) is 4.39 Å². The maximum atomic E-state index is 14.5. The second-order valence-electron chi connectivity index (χ2n) is 8.72. The van der Waals surface area contributed by atoms with Gasteiger partial charge in [-0.25, -0.2) is 9.98 Å². The summed E-state index contributed by atoms with van der Waals surface area (Å²) in [6.07, 6.45) is 6.15. The number of hydrogen-bond donors (Lipinski definition) is 1. The number of fused-ring (bicyclic) bond motifs is 4. The minimum absolute atomic E-state index is 0.0815. The van der Waals surface area contributed by atoms with Gasteiger partial charge in [0.1, 0.15) is 11.3 Å². The topological polar surface area (TPSA) is 91.9 Å². The van der Waals surface area contributed by atoms with E-state index in [1.165, 1.54) is 6.20 Å². The summed E-state index contributed by atoms with van der Waals surface area (Å²) in [5, 5.41) is 0. The highest BCUT2D eigenvalue weighted by Gasteiger charge is 2.49. The van der Waals surface area contributed by atoms with Crippen LogP contribution >= 0.6 is 0 Å². The molecule has 34 heavy (non-hydrogen) atoms. The van der Waals surface area contributed by atoms with Crippen LogP contribution < -0.4 is 10.5 Å². The lowest BCUT2D eigenvalue weighted by atomic mass is 9.71. The van der Waals surface area contributed by atoms with Crippen molar-refractivity contribution in [2.45, 2.75) is 18.9 Å². The van der Waals surface area contributed by atoms with Crippen LogP contribution in [-0.2, 0) is 15.0 Å². The molecule has 0 aliphatic carbocycles. The zero-order valence-electron chi connectivity index (χ0n) is 18.6. The van der Waals surface area contributed by atoms with Crippen LogP contribution in [0.1, 0.15) is 30.2 Å². The number of halogens is 1. The third-order valence-electron chi connectivity index (χ3n) is 6.68. The van der Waals surface area contributed by atoms with Crippen LogP contribution in [0.15, 0.2) is 59.9 Å². The average Bonchev–Trinajstić information content (AvgIpc) is 2.87. The van der Waals surface area contributed by atoms with Crippen molar-refractivity contribution in [2.75, 3.05) is 19.8 Å². The minimum atomic E-state index is -0.881. The quantitative estimate of drug-likeness (QED) is 0.572. The van der Waals surface area contributed by atoms with Gasteiger partial charge in [0.05, 0.1) is 31.7 Å². The van der Waals surface area contributed by atoms with E-state index in [0.717, 1.165) is 28.8 Å². The lowest BCUT2D eigenvalue weighted by Gasteiger charge is -2.43. The number of nitrogens with zero attached hydrogens (tertiary/aromatic N) is 3. The number of hydrogen-bond acceptors (Lipinski definition) is 7. The summed E-state index contributed by atoms with van der Waals surface area (Å²) in [5.41, 5.74) is 9.83. The van der Waals surface area contributed by atoms with Crippen molar-refractivity contribution < 1.29 is 18.6 Å². The van der Waals surface area contributed by atoms with Crippen molar-refractivity contribution in [3.8, 4) is 22.6 Å². The molecular weight excluding hydrogens is 435 g/mol. The van der Waals surface area contributed by atoms with Crippen LogP contribution in [0.4, 0.5) is 4.39 Å². The van der Waals surface area contributed by atoms with Crippen LogP contribution in [0, 0.1) is 11.9 Å². The molecule has 3 aliphatic heterocycles. The van der Waals surface area contributed by atoms with E-state index >= 15 is 0 Å². The van der Waals surface area contributed by atoms with E-state index in [1.807, 2.05) is 24.3 Å². The van der Waals surface area contributed by atoms with Gasteiger partial charge in [-0.15, -0.1) is 0 Å². The van der Waals surface area contributed by atoms with Gasteiger partial charge in [0.25, 0.3) is 6.02 Å².